The molecule has 0 atom stereocenters. The molecule has 2 rings (SSSR count). The molecule has 0 spiro atoms. The van der Waals surface area contributed by atoms with Crippen LogP contribution < -0.4 is 4.74 Å². The molecule has 0 amide bonds. The van der Waals surface area contributed by atoms with E-state index >= 15 is 0 Å². The van der Waals surface area contributed by atoms with E-state index in [0.29, 0.717) is 12.4 Å². The minimum absolute atomic E-state index is 0.0152. The highest BCUT2D eigenvalue weighted by atomic mass is 16.5. The Labute approximate surface area is 173 Å². The molecular weight excluding hydrogens is 368 g/mol. The second-order valence-electron chi connectivity index (χ2n) is 7.39. The van der Waals surface area contributed by atoms with Crippen molar-refractivity contribution in [1.82, 2.24) is 0 Å². The first kappa shape index (κ1) is 22.6. The minimum atomic E-state index is -0.523. The number of carbonyl (C=O) groups is 1. The van der Waals surface area contributed by atoms with Gasteiger partial charge < -0.3 is 20.1 Å². The number of hydrogen-bond donors (Lipinski definition) is 3. The third-order valence-corrected chi connectivity index (χ3v) is 4.96. The van der Waals surface area contributed by atoms with E-state index in [1.54, 1.807) is 6.07 Å². The van der Waals surface area contributed by atoms with Crippen molar-refractivity contribution in [2.24, 2.45) is 0 Å². The van der Waals surface area contributed by atoms with Crippen LogP contribution in [0.2, 0.25) is 0 Å². The highest BCUT2D eigenvalue weighted by Crippen LogP contribution is 2.30. The lowest BCUT2D eigenvalue weighted by Crippen LogP contribution is -2.03. The fraction of sp³-hybridized carbons (Fsp3) is 0.458. The maximum atomic E-state index is 12.5. The molecule has 0 saturated heterocycles. The van der Waals surface area contributed by atoms with Gasteiger partial charge in [0.1, 0.15) is 23.0 Å². The molecule has 0 aliphatic heterocycles. The number of rotatable bonds is 13. The maximum absolute atomic E-state index is 12.5. The van der Waals surface area contributed by atoms with Crippen LogP contribution in [0.4, 0.5) is 0 Å². The SMILES string of the molecule is CCCCCCCCCCCOc1ccc(C(=O)c2ccc(O)cc2O)c(O)c1. The van der Waals surface area contributed by atoms with E-state index in [1.165, 1.54) is 69.2 Å². The average molecular weight is 401 g/mol. The molecule has 2 aromatic rings. The quantitative estimate of drug-likeness (QED) is 0.286. The van der Waals surface area contributed by atoms with Crippen molar-refractivity contribution in [3.05, 3.63) is 47.5 Å². The lowest BCUT2D eigenvalue weighted by atomic mass is 10.0. The van der Waals surface area contributed by atoms with Gasteiger partial charge in [0.15, 0.2) is 5.78 Å². The summed E-state index contributed by atoms with van der Waals surface area (Å²) in [6.07, 6.45) is 11.2. The van der Waals surface area contributed by atoms with Crippen molar-refractivity contribution in [2.45, 2.75) is 64.7 Å². The smallest absolute Gasteiger partial charge is 0.200 e. The summed E-state index contributed by atoms with van der Waals surface area (Å²) in [4.78, 5) is 12.5. The number of aromatic hydroxyl groups is 3. The third kappa shape index (κ3) is 7.33. The first-order chi connectivity index (χ1) is 14.0. The van der Waals surface area contributed by atoms with Gasteiger partial charge >= 0.3 is 0 Å². The van der Waals surface area contributed by atoms with Crippen LogP contribution in [-0.2, 0) is 0 Å². The fourth-order valence-electron chi connectivity index (χ4n) is 3.25. The van der Waals surface area contributed by atoms with Crippen molar-refractivity contribution in [3.8, 4) is 23.0 Å². The molecule has 5 heteroatoms. The maximum Gasteiger partial charge on any atom is 0.200 e. The van der Waals surface area contributed by atoms with E-state index in [4.69, 9.17) is 4.74 Å². The van der Waals surface area contributed by atoms with Gasteiger partial charge in [-0.25, -0.2) is 0 Å². The largest absolute Gasteiger partial charge is 0.508 e. The predicted octanol–water partition coefficient (Wildman–Crippen LogP) is 5.94. The van der Waals surface area contributed by atoms with Crippen molar-refractivity contribution in [1.29, 1.82) is 0 Å². The van der Waals surface area contributed by atoms with Crippen LogP contribution in [0.25, 0.3) is 0 Å². The summed E-state index contributed by atoms with van der Waals surface area (Å²) in [5.74, 6) is -0.685. The van der Waals surface area contributed by atoms with Crippen molar-refractivity contribution < 1.29 is 24.9 Å². The van der Waals surface area contributed by atoms with Gasteiger partial charge in [-0.3, -0.25) is 4.79 Å². The summed E-state index contributed by atoms with van der Waals surface area (Å²) in [5, 5.41) is 29.4. The fourth-order valence-corrected chi connectivity index (χ4v) is 3.25. The average Bonchev–Trinajstić information content (AvgIpc) is 2.69. The van der Waals surface area contributed by atoms with Gasteiger partial charge in [-0.05, 0) is 30.7 Å². The van der Waals surface area contributed by atoms with Crippen LogP contribution in [0.15, 0.2) is 36.4 Å². The molecule has 3 N–H and O–H groups in total. The van der Waals surface area contributed by atoms with E-state index in [-0.39, 0.29) is 28.4 Å². The van der Waals surface area contributed by atoms with Gasteiger partial charge in [-0.2, -0.15) is 0 Å². The molecular formula is C24H32O5. The zero-order chi connectivity index (χ0) is 21.1. The second-order valence-corrected chi connectivity index (χ2v) is 7.39. The Hall–Kier alpha value is -2.69. The summed E-state index contributed by atoms with van der Waals surface area (Å²) in [7, 11) is 0. The molecule has 5 nitrogen and oxygen atoms in total. The minimum Gasteiger partial charge on any atom is -0.508 e. The molecule has 0 heterocycles. The summed E-state index contributed by atoms with van der Waals surface area (Å²) in [5.41, 5.74) is 0.0860. The summed E-state index contributed by atoms with van der Waals surface area (Å²) >= 11 is 0. The van der Waals surface area contributed by atoms with E-state index in [2.05, 4.69) is 6.92 Å². The molecule has 0 bridgehead atoms. The number of phenolic OH excluding ortho intramolecular Hbond substituents is 3. The molecule has 0 radical (unpaired) electrons. The van der Waals surface area contributed by atoms with Crippen molar-refractivity contribution >= 4 is 5.78 Å². The number of benzene rings is 2. The van der Waals surface area contributed by atoms with E-state index in [0.717, 1.165) is 18.9 Å². The van der Waals surface area contributed by atoms with Gasteiger partial charge in [0, 0.05) is 12.1 Å². The molecule has 0 unspecified atom stereocenters. The van der Waals surface area contributed by atoms with E-state index < -0.39 is 5.78 Å². The zero-order valence-corrected chi connectivity index (χ0v) is 17.2. The van der Waals surface area contributed by atoms with Gasteiger partial charge in [0.05, 0.1) is 17.7 Å². The van der Waals surface area contributed by atoms with Crippen molar-refractivity contribution in [2.75, 3.05) is 6.61 Å². The lowest BCUT2D eigenvalue weighted by Gasteiger charge is -2.10. The Morgan fingerprint density at radius 3 is 1.90 bits per heavy atom. The van der Waals surface area contributed by atoms with Crippen LogP contribution in [0, 0.1) is 0 Å². The lowest BCUT2D eigenvalue weighted by molar-refractivity contribution is 0.103. The Bertz CT molecular complexity index is 785. The molecule has 0 aliphatic rings. The number of ketones is 1. The Morgan fingerprint density at radius 1 is 0.759 bits per heavy atom. The molecule has 29 heavy (non-hydrogen) atoms. The van der Waals surface area contributed by atoms with Crippen LogP contribution in [0.3, 0.4) is 0 Å². The molecule has 0 saturated carbocycles. The highest BCUT2D eigenvalue weighted by Gasteiger charge is 2.18. The van der Waals surface area contributed by atoms with Gasteiger partial charge in [-0.1, -0.05) is 58.3 Å². The van der Waals surface area contributed by atoms with Crippen LogP contribution >= 0.6 is 0 Å². The monoisotopic (exact) mass is 400 g/mol. The highest BCUT2D eigenvalue weighted by molar-refractivity contribution is 6.12. The van der Waals surface area contributed by atoms with Crippen LogP contribution in [0.1, 0.15) is 80.6 Å². The second kappa shape index (κ2) is 12.0. The number of ether oxygens (including phenoxy) is 1. The first-order valence-corrected chi connectivity index (χ1v) is 10.6. The van der Waals surface area contributed by atoms with Crippen molar-refractivity contribution in [3.63, 3.8) is 0 Å². The number of hydrogen-bond acceptors (Lipinski definition) is 5. The van der Waals surface area contributed by atoms with Gasteiger partial charge in [0.25, 0.3) is 0 Å². The predicted molar refractivity (Wildman–Crippen MR) is 114 cm³/mol. The number of phenols is 3. The molecule has 2 aromatic carbocycles. The van der Waals surface area contributed by atoms with E-state index in [9.17, 15) is 20.1 Å². The standard InChI is InChI=1S/C24H32O5/c1-2-3-4-5-6-7-8-9-10-15-29-19-12-14-21(23(27)17-19)24(28)20-13-11-18(25)16-22(20)26/h11-14,16-17,25-27H,2-10,15H2,1H3. The van der Waals surface area contributed by atoms with Crippen LogP contribution in [-0.4, -0.2) is 27.7 Å². The topological polar surface area (TPSA) is 87.0 Å². The summed E-state index contributed by atoms with van der Waals surface area (Å²) in [6.45, 7) is 2.80. The zero-order valence-electron chi connectivity index (χ0n) is 17.2. The molecule has 0 aromatic heterocycles. The van der Waals surface area contributed by atoms with E-state index in [1.807, 2.05) is 0 Å². The summed E-state index contributed by atoms with van der Waals surface area (Å²) < 4.78 is 5.67. The Balaban J connectivity index is 1.76. The number of unbranched alkanes of at least 4 members (excludes halogenated alkanes) is 8. The van der Waals surface area contributed by atoms with Gasteiger partial charge in [-0.15, -0.1) is 0 Å². The normalized spacial score (nSPS) is 10.8. The molecule has 158 valence electrons. The first-order valence-electron chi connectivity index (χ1n) is 10.6. The third-order valence-electron chi connectivity index (χ3n) is 4.96. The van der Waals surface area contributed by atoms with Gasteiger partial charge in [0.2, 0.25) is 0 Å². The Kier molecular flexibility index (Phi) is 9.35. The van der Waals surface area contributed by atoms with Crippen LogP contribution in [0.5, 0.6) is 23.0 Å². The molecule has 0 fully saturated rings. The number of carbonyl (C=O) groups excluding carboxylic acids is 1. The molecule has 0 aliphatic carbocycles. The Morgan fingerprint density at radius 2 is 1.31 bits per heavy atom. The summed E-state index contributed by atoms with van der Waals surface area (Å²) in [6, 6.07) is 8.26.